The first-order valence-corrected chi connectivity index (χ1v) is 8.25. The second kappa shape index (κ2) is 9.60. The van der Waals surface area contributed by atoms with Crippen LogP contribution in [0.1, 0.15) is 23.4 Å². The molecule has 6 nitrogen and oxygen atoms in total. The van der Waals surface area contributed by atoms with Crippen molar-refractivity contribution in [2.24, 2.45) is 4.99 Å². The standard InChI is InChI=1S/C18H26N4O2/c1-14-17(15(2)24-22-14)10-12-21-18(19-3)20-11-7-13-23-16-8-5-4-6-9-16/h4-6,8-9H,7,10-13H2,1-3H3,(H2,19,20,21). The highest BCUT2D eigenvalue weighted by Gasteiger charge is 2.08. The number of aromatic nitrogens is 1. The molecule has 0 aliphatic heterocycles. The van der Waals surface area contributed by atoms with Crippen LogP contribution in [-0.4, -0.2) is 37.9 Å². The number of benzene rings is 1. The van der Waals surface area contributed by atoms with E-state index in [-0.39, 0.29) is 0 Å². The lowest BCUT2D eigenvalue weighted by Gasteiger charge is -2.12. The Labute approximate surface area is 143 Å². The Balaban J connectivity index is 1.60. The molecule has 1 aromatic carbocycles. The van der Waals surface area contributed by atoms with Crippen molar-refractivity contribution in [3.05, 3.63) is 47.3 Å². The highest BCUT2D eigenvalue weighted by atomic mass is 16.5. The number of hydrogen-bond acceptors (Lipinski definition) is 4. The summed E-state index contributed by atoms with van der Waals surface area (Å²) in [6.45, 7) is 6.16. The summed E-state index contributed by atoms with van der Waals surface area (Å²) in [5.74, 6) is 2.58. The van der Waals surface area contributed by atoms with E-state index in [1.807, 2.05) is 44.2 Å². The Kier molecular flexibility index (Phi) is 7.14. The molecule has 130 valence electrons. The van der Waals surface area contributed by atoms with Gasteiger partial charge in [-0.25, -0.2) is 0 Å². The molecule has 0 bridgehead atoms. The minimum atomic E-state index is 0.674. The largest absolute Gasteiger partial charge is 0.494 e. The first-order valence-electron chi connectivity index (χ1n) is 8.25. The topological polar surface area (TPSA) is 71.7 Å². The maximum atomic E-state index is 5.66. The molecule has 0 aliphatic rings. The van der Waals surface area contributed by atoms with Crippen molar-refractivity contribution in [3.63, 3.8) is 0 Å². The van der Waals surface area contributed by atoms with E-state index in [9.17, 15) is 0 Å². The summed E-state index contributed by atoms with van der Waals surface area (Å²) in [6, 6.07) is 9.84. The molecule has 0 fully saturated rings. The van der Waals surface area contributed by atoms with Crippen LogP contribution in [0, 0.1) is 13.8 Å². The summed E-state index contributed by atoms with van der Waals surface area (Å²) in [4.78, 5) is 4.22. The number of hydrogen-bond donors (Lipinski definition) is 2. The van der Waals surface area contributed by atoms with Crippen LogP contribution in [0.5, 0.6) is 5.75 Å². The lowest BCUT2D eigenvalue weighted by atomic mass is 10.1. The fraction of sp³-hybridized carbons (Fsp3) is 0.444. The van der Waals surface area contributed by atoms with E-state index in [1.165, 1.54) is 0 Å². The molecule has 2 rings (SSSR count). The first-order chi connectivity index (χ1) is 11.7. The zero-order valence-electron chi connectivity index (χ0n) is 14.6. The van der Waals surface area contributed by atoms with Crippen LogP contribution >= 0.6 is 0 Å². The van der Waals surface area contributed by atoms with Gasteiger partial charge in [0, 0.05) is 25.7 Å². The first kappa shape index (κ1) is 17.8. The summed E-state index contributed by atoms with van der Waals surface area (Å²) in [7, 11) is 1.77. The number of rotatable bonds is 8. The smallest absolute Gasteiger partial charge is 0.190 e. The lowest BCUT2D eigenvalue weighted by Crippen LogP contribution is -2.39. The van der Waals surface area contributed by atoms with Gasteiger partial charge in [0.05, 0.1) is 12.3 Å². The number of para-hydroxylation sites is 1. The fourth-order valence-electron chi connectivity index (χ4n) is 2.37. The predicted molar refractivity (Wildman–Crippen MR) is 95.6 cm³/mol. The van der Waals surface area contributed by atoms with Gasteiger partial charge in [0.2, 0.25) is 0 Å². The molecular weight excluding hydrogens is 304 g/mol. The summed E-state index contributed by atoms with van der Waals surface area (Å²) in [5.41, 5.74) is 2.12. The SMILES string of the molecule is CN=C(NCCCOc1ccccc1)NCCc1c(C)noc1C. The molecule has 2 aromatic rings. The van der Waals surface area contributed by atoms with Crippen molar-refractivity contribution in [2.45, 2.75) is 26.7 Å². The van der Waals surface area contributed by atoms with Gasteiger partial charge in [-0.05, 0) is 38.8 Å². The third-order valence-corrected chi connectivity index (χ3v) is 3.70. The van der Waals surface area contributed by atoms with Crippen LogP contribution in [0.25, 0.3) is 0 Å². The third-order valence-electron chi connectivity index (χ3n) is 3.70. The Bertz CT molecular complexity index is 618. The summed E-state index contributed by atoms with van der Waals surface area (Å²) < 4.78 is 10.8. The van der Waals surface area contributed by atoms with E-state index in [1.54, 1.807) is 7.05 Å². The van der Waals surface area contributed by atoms with Gasteiger partial charge in [-0.3, -0.25) is 4.99 Å². The molecule has 0 spiro atoms. The molecule has 2 N–H and O–H groups in total. The average Bonchev–Trinajstić information content (AvgIpc) is 2.92. The minimum Gasteiger partial charge on any atom is -0.494 e. The second-order valence-electron chi connectivity index (χ2n) is 5.49. The monoisotopic (exact) mass is 330 g/mol. The predicted octanol–water partition coefficient (Wildman–Crippen LogP) is 2.47. The summed E-state index contributed by atoms with van der Waals surface area (Å²) in [5, 5.41) is 10.6. The molecule has 0 saturated carbocycles. The summed E-state index contributed by atoms with van der Waals surface area (Å²) in [6.07, 6.45) is 1.76. The van der Waals surface area contributed by atoms with Gasteiger partial charge in [0.1, 0.15) is 11.5 Å². The van der Waals surface area contributed by atoms with Crippen LogP contribution in [-0.2, 0) is 6.42 Å². The van der Waals surface area contributed by atoms with Crippen LogP contribution < -0.4 is 15.4 Å². The lowest BCUT2D eigenvalue weighted by molar-refractivity contribution is 0.311. The van der Waals surface area contributed by atoms with Crippen molar-refractivity contribution in [3.8, 4) is 5.75 Å². The molecule has 0 amide bonds. The number of aliphatic imine (C=N–C) groups is 1. The number of guanidine groups is 1. The zero-order chi connectivity index (χ0) is 17.2. The summed E-state index contributed by atoms with van der Waals surface area (Å²) >= 11 is 0. The maximum absolute atomic E-state index is 5.66. The maximum Gasteiger partial charge on any atom is 0.190 e. The molecule has 6 heteroatoms. The molecule has 0 atom stereocenters. The quantitative estimate of drug-likeness (QED) is 0.442. The molecule has 1 aromatic heterocycles. The zero-order valence-corrected chi connectivity index (χ0v) is 14.6. The van der Waals surface area contributed by atoms with Gasteiger partial charge in [0.15, 0.2) is 5.96 Å². The van der Waals surface area contributed by atoms with Gasteiger partial charge in [-0.2, -0.15) is 0 Å². The minimum absolute atomic E-state index is 0.674. The molecule has 0 radical (unpaired) electrons. The normalized spacial score (nSPS) is 11.4. The van der Waals surface area contributed by atoms with E-state index in [2.05, 4.69) is 20.8 Å². The van der Waals surface area contributed by atoms with Crippen molar-refractivity contribution in [1.82, 2.24) is 15.8 Å². The number of nitrogens with one attached hydrogen (secondary N) is 2. The van der Waals surface area contributed by atoms with E-state index in [0.29, 0.717) is 6.61 Å². The van der Waals surface area contributed by atoms with Gasteiger partial charge in [-0.1, -0.05) is 23.4 Å². The number of aryl methyl sites for hydroxylation is 2. The van der Waals surface area contributed by atoms with Crippen LogP contribution in [0.2, 0.25) is 0 Å². The Morgan fingerprint density at radius 3 is 2.58 bits per heavy atom. The van der Waals surface area contributed by atoms with E-state index in [4.69, 9.17) is 9.26 Å². The number of nitrogens with zero attached hydrogens (tertiary/aromatic N) is 2. The second-order valence-corrected chi connectivity index (χ2v) is 5.49. The van der Waals surface area contributed by atoms with E-state index < -0.39 is 0 Å². The van der Waals surface area contributed by atoms with Gasteiger partial charge in [0.25, 0.3) is 0 Å². The van der Waals surface area contributed by atoms with Gasteiger partial charge < -0.3 is 19.9 Å². The van der Waals surface area contributed by atoms with Crippen LogP contribution in [0.4, 0.5) is 0 Å². The van der Waals surface area contributed by atoms with Crippen LogP contribution in [0.15, 0.2) is 39.8 Å². The van der Waals surface area contributed by atoms with Crippen molar-refractivity contribution in [2.75, 3.05) is 26.7 Å². The van der Waals surface area contributed by atoms with E-state index in [0.717, 1.165) is 54.7 Å². The fourth-order valence-corrected chi connectivity index (χ4v) is 2.37. The highest BCUT2D eigenvalue weighted by molar-refractivity contribution is 5.79. The molecule has 0 aliphatic carbocycles. The van der Waals surface area contributed by atoms with Gasteiger partial charge >= 0.3 is 0 Å². The Morgan fingerprint density at radius 2 is 1.92 bits per heavy atom. The molecular formula is C18H26N4O2. The molecule has 24 heavy (non-hydrogen) atoms. The third kappa shape index (κ3) is 5.61. The van der Waals surface area contributed by atoms with E-state index >= 15 is 0 Å². The Hall–Kier alpha value is -2.50. The van der Waals surface area contributed by atoms with Crippen LogP contribution in [0.3, 0.4) is 0 Å². The highest BCUT2D eigenvalue weighted by Crippen LogP contribution is 2.12. The molecule has 1 heterocycles. The van der Waals surface area contributed by atoms with Gasteiger partial charge in [-0.15, -0.1) is 0 Å². The molecule has 0 saturated heterocycles. The Morgan fingerprint density at radius 1 is 1.17 bits per heavy atom. The number of ether oxygens (including phenoxy) is 1. The molecule has 0 unspecified atom stereocenters. The van der Waals surface area contributed by atoms with Crippen molar-refractivity contribution >= 4 is 5.96 Å². The van der Waals surface area contributed by atoms with Crippen molar-refractivity contribution in [1.29, 1.82) is 0 Å². The van der Waals surface area contributed by atoms with Crippen molar-refractivity contribution < 1.29 is 9.26 Å². The average molecular weight is 330 g/mol.